The number of aryl methyl sites for hydroxylation is 4. The molecule has 0 saturated carbocycles. The van der Waals surface area contributed by atoms with Crippen molar-refractivity contribution in [2.24, 2.45) is 0 Å². The lowest BCUT2D eigenvalue weighted by atomic mass is 9.51. The molecule has 1 saturated heterocycles. The number of hydrogen-bond donors (Lipinski definition) is 0. The second-order valence-electron chi connectivity index (χ2n) is 26.7. The zero-order chi connectivity index (χ0) is 52.1. The summed E-state index contributed by atoms with van der Waals surface area (Å²) < 4.78 is 7.73. The molecule has 2 heterocycles. The maximum Gasteiger partial charge on any atom is 0.0915 e. The van der Waals surface area contributed by atoms with E-state index in [1.807, 2.05) is 0 Å². The molecule has 79 heavy (non-hydrogen) atoms. The van der Waals surface area contributed by atoms with E-state index in [0.717, 1.165) is 25.7 Å². The summed E-state index contributed by atoms with van der Waals surface area (Å²) in [6.07, 6.45) is 25.2. The summed E-state index contributed by atoms with van der Waals surface area (Å²) in [5.74, 6) is 2.16. The number of fused-ring (bicyclic) bond motifs is 18. The summed E-state index contributed by atoms with van der Waals surface area (Å²) in [4.78, 5) is 0. The van der Waals surface area contributed by atoms with E-state index < -0.39 is 0 Å². The van der Waals surface area contributed by atoms with Crippen molar-refractivity contribution in [1.82, 2.24) is 0 Å². The minimum atomic E-state index is 0.0835. The van der Waals surface area contributed by atoms with Crippen molar-refractivity contribution in [3.05, 3.63) is 175 Å². The van der Waals surface area contributed by atoms with Gasteiger partial charge in [-0.1, -0.05) is 178 Å². The Morgan fingerprint density at radius 2 is 0.608 bits per heavy atom. The van der Waals surface area contributed by atoms with Gasteiger partial charge in [-0.3, -0.25) is 0 Å². The first-order valence-corrected chi connectivity index (χ1v) is 32.4. The fourth-order valence-electron chi connectivity index (χ4n) is 20.0. The number of unbranched alkanes of at least 4 members (excludes halogenated alkanes) is 12. The van der Waals surface area contributed by atoms with E-state index in [9.17, 15) is 0 Å². The molecule has 9 aromatic carbocycles. The van der Waals surface area contributed by atoms with Gasteiger partial charge in [0.1, 0.15) is 0 Å². The molecule has 1 nitrogen and oxygen atoms in total. The quantitative estimate of drug-likeness (QED) is 0.0691. The Bertz CT molecular complexity index is 3920. The minimum absolute atomic E-state index is 0.0835. The molecule has 9 aliphatic rings. The molecule has 394 valence electrons. The van der Waals surface area contributed by atoms with Crippen LogP contribution >= 0.6 is 0 Å². The average molecular weight is 1030 g/mol. The van der Waals surface area contributed by atoms with E-state index in [1.165, 1.54) is 147 Å². The molecular weight excluding hydrogens is 953 g/mol. The smallest absolute Gasteiger partial charge is 0.0915 e. The molecule has 0 N–H and O–H groups in total. The van der Waals surface area contributed by atoms with Gasteiger partial charge < -0.3 is 4.74 Å². The van der Waals surface area contributed by atoms with Crippen molar-refractivity contribution in [3.63, 3.8) is 0 Å². The largest absolute Gasteiger partial charge is 0.364 e. The Morgan fingerprint density at radius 3 is 0.937 bits per heavy atom. The van der Waals surface area contributed by atoms with Gasteiger partial charge in [0.15, 0.2) is 0 Å². The highest BCUT2D eigenvalue weighted by Gasteiger charge is 2.60. The van der Waals surface area contributed by atoms with E-state index in [4.69, 9.17) is 4.74 Å². The highest BCUT2D eigenvalue weighted by molar-refractivity contribution is 6.22. The van der Waals surface area contributed by atoms with Gasteiger partial charge in [-0.25, -0.2) is 0 Å². The topological polar surface area (TPSA) is 9.23 Å². The number of ether oxygens (including phenoxy) is 1. The molecule has 7 aliphatic carbocycles. The van der Waals surface area contributed by atoms with Crippen molar-refractivity contribution in [3.8, 4) is 44.5 Å². The van der Waals surface area contributed by atoms with Crippen LogP contribution in [0.25, 0.3) is 87.6 Å². The number of benzene rings is 9. The zero-order valence-corrected chi connectivity index (χ0v) is 47.4. The maximum atomic E-state index is 7.73. The lowest BCUT2D eigenvalue weighted by Crippen LogP contribution is -2.37. The molecule has 0 radical (unpaired) electrons. The zero-order valence-electron chi connectivity index (χ0n) is 47.4. The first kappa shape index (κ1) is 46.7. The Labute approximate surface area is 468 Å². The van der Waals surface area contributed by atoms with E-state index in [-0.39, 0.29) is 12.2 Å². The third-order valence-corrected chi connectivity index (χ3v) is 23.0. The molecule has 1 heteroatoms. The first-order valence-electron chi connectivity index (χ1n) is 32.4. The maximum absolute atomic E-state index is 7.73. The summed E-state index contributed by atoms with van der Waals surface area (Å²) in [6, 6.07) is 42.1. The second-order valence-corrected chi connectivity index (χ2v) is 26.7. The lowest BCUT2D eigenvalue weighted by Gasteiger charge is -2.51. The standard InChI is InChI=1S/C78H76O/c1-5-9-13-17-23-43-55-37-59-49-31-35-53-66-54-36-32-50(64(49)66)60(59)38-56(55)44(24-18-14-10-6-2)70-68-42-28-22-21-27-41(42)67(69(43)70)71-51-33-29-47-61-39-57-45(25-19-15-11-7-3)73-74(78-76(54)75(53)77(73)79-78)46(26-20-16-12-8-4)58(57)40-62(61)48-30-34-52(72(68)71)65(51)63(47)48/h21-22,27-40,67-68,71-72,75-78H,5-20,23-26H2,1-4H3/t67-,68+,71+,72-,75-,76+,77-,78+. The van der Waals surface area contributed by atoms with Gasteiger partial charge in [0, 0.05) is 35.5 Å². The van der Waals surface area contributed by atoms with Gasteiger partial charge in [-0.15, -0.1) is 0 Å². The summed E-state index contributed by atoms with van der Waals surface area (Å²) in [5, 5.41) is 12.5. The van der Waals surface area contributed by atoms with Crippen molar-refractivity contribution in [2.75, 3.05) is 0 Å². The minimum Gasteiger partial charge on any atom is -0.364 e. The van der Waals surface area contributed by atoms with Crippen LogP contribution in [0.2, 0.25) is 0 Å². The van der Waals surface area contributed by atoms with E-state index in [2.05, 4.69) is 125 Å². The molecule has 18 rings (SSSR count). The van der Waals surface area contributed by atoms with Crippen molar-refractivity contribution < 1.29 is 4.74 Å². The molecule has 0 spiro atoms. The van der Waals surface area contributed by atoms with E-state index in [0.29, 0.717) is 35.5 Å². The molecule has 8 atom stereocenters. The van der Waals surface area contributed by atoms with Crippen molar-refractivity contribution in [1.29, 1.82) is 0 Å². The Morgan fingerprint density at radius 1 is 0.291 bits per heavy atom. The van der Waals surface area contributed by atoms with Crippen LogP contribution in [-0.4, -0.2) is 0 Å². The molecule has 0 amide bonds. The van der Waals surface area contributed by atoms with Crippen LogP contribution < -0.4 is 0 Å². The van der Waals surface area contributed by atoms with Crippen molar-refractivity contribution >= 4 is 43.1 Å². The average Bonchev–Trinajstić information content (AvgIpc) is 4.42. The van der Waals surface area contributed by atoms with Gasteiger partial charge in [-0.2, -0.15) is 0 Å². The molecule has 2 aliphatic heterocycles. The summed E-state index contributed by atoms with van der Waals surface area (Å²) in [5.41, 5.74) is 34.9. The van der Waals surface area contributed by atoms with Crippen LogP contribution in [0.4, 0.5) is 0 Å². The van der Waals surface area contributed by atoms with Gasteiger partial charge >= 0.3 is 0 Å². The molecule has 0 aromatic heterocycles. The van der Waals surface area contributed by atoms with Crippen molar-refractivity contribution in [2.45, 2.75) is 204 Å². The molecule has 9 aromatic rings. The highest BCUT2D eigenvalue weighted by Crippen LogP contribution is 2.74. The normalized spacial score (nSPS) is 22.9. The van der Waals surface area contributed by atoms with E-state index in [1.54, 1.807) is 121 Å². The highest BCUT2D eigenvalue weighted by atomic mass is 16.5. The van der Waals surface area contributed by atoms with Gasteiger partial charge in [0.2, 0.25) is 0 Å². The van der Waals surface area contributed by atoms with Crippen LogP contribution in [0.3, 0.4) is 0 Å². The van der Waals surface area contributed by atoms with Crippen LogP contribution in [0.5, 0.6) is 0 Å². The Balaban J connectivity index is 0.975. The van der Waals surface area contributed by atoms with Gasteiger partial charge in [-0.05, 0) is 241 Å². The summed E-state index contributed by atoms with van der Waals surface area (Å²) >= 11 is 0. The fraction of sp³-hybridized carbons (Fsp3) is 0.410. The SMILES string of the molecule is CCCCCCc1c2c3c(CCCCCC)c4cc5c(cc14)-c1ccc4c6c(ccc-5c16)[C@@H]1[C@H]4[C@H]4O[C@@H]1c1c4c(CCCCCC)c4cc5c(cc4c1CCCCCC)-c1ccc4c6c(ccc-5c16)[C@@H]1[C@H]2c2ccccc2[C@H]3[C@H]41. The van der Waals surface area contributed by atoms with Crippen LogP contribution in [0, 0.1) is 0 Å². The Kier molecular flexibility index (Phi) is 10.2. The van der Waals surface area contributed by atoms with E-state index >= 15 is 0 Å². The third kappa shape index (κ3) is 5.87. The first-order chi connectivity index (χ1) is 39.1. The molecule has 0 unspecified atom stereocenters. The van der Waals surface area contributed by atoms with Crippen LogP contribution in [-0.2, 0) is 30.4 Å². The lowest BCUT2D eigenvalue weighted by molar-refractivity contribution is 0.0632. The predicted molar refractivity (Wildman–Crippen MR) is 331 cm³/mol. The van der Waals surface area contributed by atoms with Gasteiger partial charge in [0.25, 0.3) is 0 Å². The van der Waals surface area contributed by atoms with Crippen LogP contribution in [0.1, 0.15) is 256 Å². The van der Waals surface area contributed by atoms with Gasteiger partial charge in [0.05, 0.1) is 12.2 Å². The predicted octanol–water partition coefficient (Wildman–Crippen LogP) is 21.9. The molecule has 4 bridgehead atoms. The number of rotatable bonds is 20. The molecule has 1 fully saturated rings. The summed E-state index contributed by atoms with van der Waals surface area (Å²) in [6.45, 7) is 9.50. The third-order valence-electron chi connectivity index (χ3n) is 23.0. The number of hydrogen-bond acceptors (Lipinski definition) is 1. The second kappa shape index (κ2) is 17.3. The fourth-order valence-corrected chi connectivity index (χ4v) is 20.0. The Hall–Kier alpha value is -6.02. The monoisotopic (exact) mass is 1030 g/mol. The van der Waals surface area contributed by atoms with Crippen LogP contribution in [0.15, 0.2) is 97.1 Å². The summed E-state index contributed by atoms with van der Waals surface area (Å²) in [7, 11) is 0. The molecular formula is C78H76O.